The van der Waals surface area contributed by atoms with Gasteiger partial charge in [-0.2, -0.15) is 114 Å². The van der Waals surface area contributed by atoms with Gasteiger partial charge in [0.05, 0.1) is 0 Å². The van der Waals surface area contributed by atoms with Gasteiger partial charge in [0.1, 0.15) is 16.9 Å². The first-order valence-corrected chi connectivity index (χ1v) is 32.2. The van der Waals surface area contributed by atoms with Crippen molar-refractivity contribution in [2.45, 2.75) is 110 Å². The third-order valence-corrected chi connectivity index (χ3v) is 20.6. The van der Waals surface area contributed by atoms with Gasteiger partial charge in [0.25, 0.3) is 0 Å². The minimum Gasteiger partial charge on any atom is -0.390 e. The van der Waals surface area contributed by atoms with Crippen molar-refractivity contribution >= 4 is 97.1 Å². The zero-order valence-electron chi connectivity index (χ0n) is 50.7. The summed E-state index contributed by atoms with van der Waals surface area (Å²) in [6.45, 7) is 0. The average molecular weight is 1490 g/mol. The van der Waals surface area contributed by atoms with E-state index in [4.69, 9.17) is 12.9 Å². The molecule has 11 aromatic rings. The second-order valence-corrected chi connectivity index (χ2v) is 26.7. The fourth-order valence-corrected chi connectivity index (χ4v) is 15.3. The predicted molar refractivity (Wildman–Crippen MR) is 330 cm³/mol. The molecule has 0 N–H and O–H groups in total. The molecular weight excluding hydrogens is 1440 g/mol. The summed E-state index contributed by atoms with van der Waals surface area (Å²) in [5, 5.41) is 6.61. The van der Waals surface area contributed by atoms with E-state index in [1.807, 2.05) is 121 Å². The minimum atomic E-state index is -8.10. The molecule has 0 saturated carbocycles. The van der Waals surface area contributed by atoms with Crippen LogP contribution in [0.4, 0.5) is 114 Å². The Labute approximate surface area is 554 Å². The van der Waals surface area contributed by atoms with Crippen LogP contribution in [-0.4, -0.2) is 71.6 Å². The van der Waals surface area contributed by atoms with E-state index in [1.165, 1.54) is 60.7 Å². The van der Waals surface area contributed by atoms with E-state index in [1.54, 1.807) is 12.1 Å². The highest BCUT2D eigenvalue weighted by atomic mass is 31.1. The number of alkyl halides is 26. The Morgan fingerprint density at radius 1 is 0.317 bits per heavy atom. The lowest BCUT2D eigenvalue weighted by Gasteiger charge is -2.39. The predicted octanol–water partition coefficient (Wildman–Crippen LogP) is 24.3. The molecule has 1 aromatic heterocycles. The van der Waals surface area contributed by atoms with Crippen LogP contribution < -0.4 is 20.4 Å². The second-order valence-electron chi connectivity index (χ2n) is 23.5. The Hall–Kier alpha value is -8.45. The first-order chi connectivity index (χ1) is 46.9. The zero-order valence-corrected chi connectivity index (χ0v) is 52.5. The van der Waals surface area contributed by atoms with Gasteiger partial charge >= 0.3 is 79.8 Å². The highest BCUT2D eigenvalue weighted by Gasteiger charge is 2.92. The van der Waals surface area contributed by atoms with Gasteiger partial charge in [-0.1, -0.05) is 176 Å². The number of halogens is 26. The molecule has 0 aliphatic heterocycles. The van der Waals surface area contributed by atoms with Gasteiger partial charge in [-0.15, -0.1) is 0 Å². The van der Waals surface area contributed by atoms with Crippen LogP contribution in [-0.2, 0) is 12.8 Å². The van der Waals surface area contributed by atoms with Crippen LogP contribution in [0.15, 0.2) is 203 Å². The molecule has 0 aliphatic carbocycles. The second kappa shape index (κ2) is 25.8. The van der Waals surface area contributed by atoms with Crippen molar-refractivity contribution in [2.24, 2.45) is 0 Å². The molecular formula is C70H44F26O3P2. The molecule has 0 amide bonds. The summed E-state index contributed by atoms with van der Waals surface area (Å²) < 4.78 is 384. The maximum absolute atomic E-state index is 15.0. The van der Waals surface area contributed by atoms with Crippen LogP contribution in [0.1, 0.15) is 36.8 Å². The molecule has 0 spiro atoms. The van der Waals surface area contributed by atoms with Gasteiger partial charge in [0.15, 0.2) is 0 Å². The molecule has 0 atom stereocenters. The zero-order chi connectivity index (χ0) is 73.7. The fourth-order valence-electron chi connectivity index (χ4n) is 11.8. The van der Waals surface area contributed by atoms with Crippen molar-refractivity contribution in [1.82, 2.24) is 0 Å². The molecule has 10 aromatic carbocycles. The summed E-state index contributed by atoms with van der Waals surface area (Å²) in [6.07, 6.45) is -24.5. The van der Waals surface area contributed by atoms with E-state index in [0.717, 1.165) is 37.6 Å². The summed E-state index contributed by atoms with van der Waals surface area (Å²) >= 11 is 0. The van der Waals surface area contributed by atoms with E-state index in [2.05, 4.69) is 0 Å². The van der Waals surface area contributed by atoms with Gasteiger partial charge in [-0.25, -0.2) is 0 Å². The molecule has 0 unspecified atom stereocenters. The van der Waals surface area contributed by atoms with Crippen LogP contribution in [0.3, 0.4) is 0 Å². The quantitative estimate of drug-likeness (QED) is 0.0501. The molecule has 0 fully saturated rings. The molecule has 0 aliphatic rings. The molecule has 31 heteroatoms. The molecule has 534 valence electrons. The van der Waals surface area contributed by atoms with Crippen molar-refractivity contribution in [3.8, 4) is 16.9 Å². The van der Waals surface area contributed by atoms with Crippen molar-refractivity contribution in [3.63, 3.8) is 0 Å². The highest BCUT2D eigenvalue weighted by Crippen LogP contribution is 2.63. The SMILES string of the molecule is FC(F)(F)C(F)(F)C(F)(F)C(F)(F)C(F)(F)C(F)(F)CCCc1ccc2c(ccc3op(Oc4ccc5ccccc5c4-c4c(P(c5ccccc5)c5ccccc5)ccc5ccccc45)oc4ccc5cc(CCCC(F)(F)C(F)(F)C(F)(F)C(F)(F)C(F)(F)C(F)(F)F)ccc5c4c32)c1. The van der Waals surface area contributed by atoms with Crippen LogP contribution in [0.5, 0.6) is 5.75 Å². The number of benzene rings is 10. The summed E-state index contributed by atoms with van der Waals surface area (Å²) in [4.78, 5) is 0. The Bertz CT molecular complexity index is 4740. The molecule has 101 heavy (non-hydrogen) atoms. The molecule has 0 saturated heterocycles. The molecule has 11 rings (SSSR count). The van der Waals surface area contributed by atoms with Crippen molar-refractivity contribution in [1.29, 1.82) is 0 Å². The van der Waals surface area contributed by atoms with Gasteiger partial charge in [-0.05, 0) is 122 Å². The van der Waals surface area contributed by atoms with Gasteiger partial charge in [0, 0.05) is 34.7 Å². The first-order valence-electron chi connectivity index (χ1n) is 29.8. The monoisotopic (exact) mass is 1490 g/mol. The number of rotatable bonds is 22. The maximum atomic E-state index is 15.0. The maximum Gasteiger partial charge on any atom is 0.460 e. The van der Waals surface area contributed by atoms with Gasteiger partial charge in [-0.3, -0.25) is 0 Å². The van der Waals surface area contributed by atoms with Crippen molar-refractivity contribution in [2.75, 3.05) is 0 Å². The number of hydrogen-bond donors (Lipinski definition) is 0. The lowest BCUT2D eigenvalue weighted by atomic mass is 9.91. The number of fused-ring (bicyclic) bond motifs is 9. The Kier molecular flexibility index (Phi) is 18.8. The Morgan fingerprint density at radius 3 is 1.08 bits per heavy atom. The van der Waals surface area contributed by atoms with Crippen LogP contribution in [0.25, 0.3) is 76.2 Å². The van der Waals surface area contributed by atoms with E-state index < -0.39 is 126 Å². The standard InChI is InChI=1S/C70H44F26O3P2/c71-59(72,61(75,76)63(79,80)65(83,84)67(87,88)69(91,92)93)35-11-13-39-23-29-49-43(37-39)26-32-51-55(49)56-50-30-24-40(14-12-36-60(73,74)62(77,78)64(81,82)66(85,86)68(89,90)70(94,95)96)38-44(50)27-33-52(56)98-101(97-51)99-53-31-25-41-15-7-9-21-47(41)57(53)58-48-22-10-8-16-42(48)28-34-54(58)100(45-17-3-1-4-18-45)46-19-5-2-6-20-46/h1-10,15-34,37-38H,11-14,35-36H2. The summed E-state index contributed by atoms with van der Waals surface area (Å²) in [6, 6.07) is 54.7. The largest absolute Gasteiger partial charge is 0.460 e. The molecule has 0 radical (unpaired) electrons. The average Bonchev–Trinajstić information content (AvgIpc) is 1.07. The fraction of sp³-hybridized carbons (Fsp3) is 0.257. The van der Waals surface area contributed by atoms with E-state index >= 15 is 0 Å². The molecule has 0 bridgehead atoms. The van der Waals surface area contributed by atoms with Crippen LogP contribution >= 0.6 is 16.2 Å². The normalized spacial score (nSPS) is 14.0. The number of hydrogen-bond acceptors (Lipinski definition) is 3. The Morgan fingerprint density at radius 2 is 0.673 bits per heavy atom. The van der Waals surface area contributed by atoms with Gasteiger partial charge < -0.3 is 12.9 Å². The first kappa shape index (κ1) is 73.8. The van der Waals surface area contributed by atoms with Crippen LogP contribution in [0, 0.1) is 0 Å². The van der Waals surface area contributed by atoms with E-state index in [0.29, 0.717) is 10.9 Å². The van der Waals surface area contributed by atoms with E-state index in [-0.39, 0.29) is 60.4 Å². The molecule has 3 nitrogen and oxygen atoms in total. The van der Waals surface area contributed by atoms with E-state index in [9.17, 15) is 114 Å². The van der Waals surface area contributed by atoms with Crippen molar-refractivity contribution in [3.05, 3.63) is 205 Å². The lowest BCUT2D eigenvalue weighted by molar-refractivity contribution is -0.440. The molecule has 1 heterocycles. The Balaban J connectivity index is 1.03. The van der Waals surface area contributed by atoms with Crippen LogP contribution in [0.2, 0.25) is 0 Å². The third-order valence-electron chi connectivity index (χ3n) is 17.1. The van der Waals surface area contributed by atoms with Gasteiger partial charge in [0.2, 0.25) is 0 Å². The number of aryl methyl sites for hydroxylation is 2. The summed E-state index contributed by atoms with van der Waals surface area (Å²) in [7, 11) is -4.13. The third kappa shape index (κ3) is 12.4. The minimum absolute atomic E-state index is 0.0641. The lowest BCUT2D eigenvalue weighted by Crippen LogP contribution is -2.70. The topological polar surface area (TPSA) is 35.5 Å². The smallest absolute Gasteiger partial charge is 0.390 e. The van der Waals surface area contributed by atoms with Crippen molar-refractivity contribution < 1.29 is 127 Å². The summed E-state index contributed by atoms with van der Waals surface area (Å²) in [5.41, 5.74) is 1.01. The summed E-state index contributed by atoms with van der Waals surface area (Å²) in [5.74, 6) is -75.6. The highest BCUT2D eigenvalue weighted by molar-refractivity contribution is 7.80.